The van der Waals surface area contributed by atoms with Crippen LogP contribution >= 0.6 is 0 Å². The number of aromatic carboxylic acids is 1. The molecular formula is C15H20FN3O4. The molecule has 0 spiro atoms. The highest BCUT2D eigenvalue weighted by molar-refractivity contribution is 5.87. The van der Waals surface area contributed by atoms with Crippen LogP contribution in [0.1, 0.15) is 31.1 Å². The Bertz CT molecular complexity index is 607. The van der Waals surface area contributed by atoms with Gasteiger partial charge in [0.25, 0.3) is 0 Å². The SMILES string of the molecule is CC(C)(C)OC(=O)N1CCN(c2ncc(C(=O)O)cc2F)CC1. The first-order chi connectivity index (χ1) is 10.7. The van der Waals surface area contributed by atoms with Crippen LogP contribution in [-0.4, -0.2) is 58.8 Å². The smallest absolute Gasteiger partial charge is 0.410 e. The van der Waals surface area contributed by atoms with Gasteiger partial charge in [-0.3, -0.25) is 0 Å². The first kappa shape index (κ1) is 17.0. The summed E-state index contributed by atoms with van der Waals surface area (Å²) in [5, 5.41) is 8.82. The fourth-order valence-corrected chi connectivity index (χ4v) is 2.21. The van der Waals surface area contributed by atoms with E-state index in [1.807, 2.05) is 0 Å². The summed E-state index contributed by atoms with van der Waals surface area (Å²) in [7, 11) is 0. The van der Waals surface area contributed by atoms with Crippen molar-refractivity contribution in [3.63, 3.8) is 0 Å². The summed E-state index contributed by atoms with van der Waals surface area (Å²) < 4.78 is 19.3. The van der Waals surface area contributed by atoms with Gasteiger partial charge >= 0.3 is 12.1 Å². The largest absolute Gasteiger partial charge is 0.478 e. The number of ether oxygens (including phenoxy) is 1. The minimum absolute atomic E-state index is 0.0961. The third-order valence-corrected chi connectivity index (χ3v) is 3.30. The van der Waals surface area contributed by atoms with E-state index in [0.717, 1.165) is 12.3 Å². The number of pyridine rings is 1. The van der Waals surface area contributed by atoms with E-state index in [0.29, 0.717) is 26.2 Å². The predicted molar refractivity (Wildman–Crippen MR) is 81.2 cm³/mol. The summed E-state index contributed by atoms with van der Waals surface area (Å²) in [6.45, 7) is 6.96. The predicted octanol–water partition coefficient (Wildman–Crippen LogP) is 1.98. The Hall–Kier alpha value is -2.38. The lowest BCUT2D eigenvalue weighted by Crippen LogP contribution is -2.50. The van der Waals surface area contributed by atoms with E-state index in [2.05, 4.69) is 4.98 Å². The number of hydrogen-bond donors (Lipinski definition) is 1. The van der Waals surface area contributed by atoms with Crippen LogP contribution in [0.5, 0.6) is 0 Å². The maximum absolute atomic E-state index is 14.0. The molecule has 1 fully saturated rings. The first-order valence-corrected chi connectivity index (χ1v) is 7.29. The number of piperazine rings is 1. The molecule has 1 aliphatic heterocycles. The quantitative estimate of drug-likeness (QED) is 0.895. The molecule has 0 atom stereocenters. The van der Waals surface area contributed by atoms with Crippen molar-refractivity contribution in [1.82, 2.24) is 9.88 Å². The normalized spacial score (nSPS) is 15.5. The summed E-state index contributed by atoms with van der Waals surface area (Å²) in [6, 6.07) is 0.949. The number of rotatable bonds is 2. The molecular weight excluding hydrogens is 305 g/mol. The molecule has 1 saturated heterocycles. The maximum atomic E-state index is 14.0. The Morgan fingerprint density at radius 2 is 1.87 bits per heavy atom. The van der Waals surface area contributed by atoms with Gasteiger partial charge in [0, 0.05) is 32.4 Å². The Balaban J connectivity index is 1.99. The highest BCUT2D eigenvalue weighted by Gasteiger charge is 2.27. The molecule has 2 rings (SSSR count). The zero-order valence-corrected chi connectivity index (χ0v) is 13.4. The summed E-state index contributed by atoms with van der Waals surface area (Å²) in [4.78, 5) is 29.9. The van der Waals surface area contributed by atoms with Crippen LogP contribution in [0.25, 0.3) is 0 Å². The van der Waals surface area contributed by atoms with E-state index in [1.165, 1.54) is 0 Å². The average molecular weight is 325 g/mol. The molecule has 1 amide bonds. The van der Waals surface area contributed by atoms with Gasteiger partial charge in [0.2, 0.25) is 0 Å². The molecule has 0 aromatic carbocycles. The van der Waals surface area contributed by atoms with Gasteiger partial charge in [-0.25, -0.2) is 19.0 Å². The van der Waals surface area contributed by atoms with Gasteiger partial charge in [0.1, 0.15) is 5.60 Å². The Labute approximate surface area is 133 Å². The van der Waals surface area contributed by atoms with Gasteiger partial charge in [-0.05, 0) is 26.8 Å². The van der Waals surface area contributed by atoms with Crippen molar-refractivity contribution in [3.05, 3.63) is 23.6 Å². The Kier molecular flexibility index (Phi) is 4.72. The van der Waals surface area contributed by atoms with Gasteiger partial charge in [-0.15, -0.1) is 0 Å². The molecule has 0 saturated carbocycles. The van der Waals surface area contributed by atoms with Gasteiger partial charge in [0.05, 0.1) is 5.56 Å². The molecule has 0 unspecified atom stereocenters. The van der Waals surface area contributed by atoms with Crippen molar-refractivity contribution in [3.8, 4) is 0 Å². The number of nitrogens with zero attached hydrogens (tertiary/aromatic N) is 3. The van der Waals surface area contributed by atoms with Crippen LogP contribution < -0.4 is 4.90 Å². The van der Waals surface area contributed by atoms with Crippen molar-refractivity contribution in [1.29, 1.82) is 0 Å². The third-order valence-electron chi connectivity index (χ3n) is 3.30. The summed E-state index contributed by atoms with van der Waals surface area (Å²) in [6.07, 6.45) is 0.730. The van der Waals surface area contributed by atoms with Crippen LogP contribution in [0.4, 0.5) is 15.0 Å². The van der Waals surface area contributed by atoms with Crippen molar-refractivity contribution in [2.45, 2.75) is 26.4 Å². The second-order valence-electron chi connectivity index (χ2n) is 6.29. The molecule has 1 aromatic heterocycles. The Morgan fingerprint density at radius 3 is 2.35 bits per heavy atom. The number of amides is 1. The van der Waals surface area contributed by atoms with E-state index in [9.17, 15) is 14.0 Å². The van der Waals surface area contributed by atoms with Gasteiger partial charge < -0.3 is 19.6 Å². The second kappa shape index (κ2) is 6.39. The van der Waals surface area contributed by atoms with Gasteiger partial charge in [-0.1, -0.05) is 0 Å². The lowest BCUT2D eigenvalue weighted by molar-refractivity contribution is 0.0240. The number of anilines is 1. The van der Waals surface area contributed by atoms with Crippen LogP contribution in [0, 0.1) is 5.82 Å². The van der Waals surface area contributed by atoms with Crippen molar-refractivity contribution in [2.24, 2.45) is 0 Å². The zero-order chi connectivity index (χ0) is 17.2. The van der Waals surface area contributed by atoms with E-state index < -0.39 is 23.5 Å². The number of halogens is 1. The molecule has 1 aromatic rings. The molecule has 0 radical (unpaired) electrons. The zero-order valence-electron chi connectivity index (χ0n) is 13.4. The number of carbonyl (C=O) groups excluding carboxylic acids is 1. The molecule has 2 heterocycles. The minimum atomic E-state index is -1.22. The van der Waals surface area contributed by atoms with E-state index in [-0.39, 0.29) is 11.4 Å². The highest BCUT2D eigenvalue weighted by Crippen LogP contribution is 2.20. The maximum Gasteiger partial charge on any atom is 0.410 e. The van der Waals surface area contributed by atoms with Crippen LogP contribution in [-0.2, 0) is 4.74 Å². The second-order valence-corrected chi connectivity index (χ2v) is 6.29. The lowest BCUT2D eigenvalue weighted by Gasteiger charge is -2.36. The average Bonchev–Trinajstić information content (AvgIpc) is 2.45. The van der Waals surface area contributed by atoms with Gasteiger partial charge in [-0.2, -0.15) is 0 Å². The Morgan fingerprint density at radius 1 is 1.26 bits per heavy atom. The fourth-order valence-electron chi connectivity index (χ4n) is 2.21. The fraction of sp³-hybridized carbons (Fsp3) is 0.533. The topological polar surface area (TPSA) is 83.0 Å². The van der Waals surface area contributed by atoms with Crippen molar-refractivity contribution >= 4 is 17.9 Å². The molecule has 1 N–H and O–H groups in total. The van der Waals surface area contributed by atoms with Crippen LogP contribution in [0.15, 0.2) is 12.3 Å². The first-order valence-electron chi connectivity index (χ1n) is 7.29. The molecule has 0 bridgehead atoms. The van der Waals surface area contributed by atoms with Crippen LogP contribution in [0.3, 0.4) is 0 Å². The standard InChI is InChI=1S/C15H20FN3O4/c1-15(2,3)23-14(22)19-6-4-18(5-7-19)12-11(16)8-10(9-17-12)13(20)21/h8-9H,4-7H2,1-3H3,(H,20,21). The van der Waals surface area contributed by atoms with E-state index in [4.69, 9.17) is 9.84 Å². The summed E-state index contributed by atoms with van der Waals surface area (Å²) >= 11 is 0. The van der Waals surface area contributed by atoms with Crippen LogP contribution in [0.2, 0.25) is 0 Å². The molecule has 23 heavy (non-hydrogen) atoms. The van der Waals surface area contributed by atoms with Crippen molar-refractivity contribution < 1.29 is 23.8 Å². The molecule has 126 valence electrons. The number of aromatic nitrogens is 1. The lowest BCUT2D eigenvalue weighted by atomic mass is 10.2. The third kappa shape index (κ3) is 4.30. The molecule has 0 aliphatic carbocycles. The number of carboxylic acids is 1. The van der Waals surface area contributed by atoms with Gasteiger partial charge in [0.15, 0.2) is 11.6 Å². The molecule has 7 nitrogen and oxygen atoms in total. The summed E-state index contributed by atoms with van der Waals surface area (Å²) in [5.74, 6) is -1.81. The molecule has 1 aliphatic rings. The van der Waals surface area contributed by atoms with Crippen molar-refractivity contribution in [2.75, 3.05) is 31.1 Å². The van der Waals surface area contributed by atoms with E-state index >= 15 is 0 Å². The van der Waals surface area contributed by atoms with E-state index in [1.54, 1.807) is 30.6 Å². The number of carbonyl (C=O) groups is 2. The monoisotopic (exact) mass is 325 g/mol. The number of carboxylic acid groups (broad SMARTS) is 1. The number of hydrogen-bond acceptors (Lipinski definition) is 5. The minimum Gasteiger partial charge on any atom is -0.478 e. The summed E-state index contributed by atoms with van der Waals surface area (Å²) in [5.41, 5.74) is -0.757. The highest BCUT2D eigenvalue weighted by atomic mass is 19.1. The molecule has 8 heteroatoms.